The highest BCUT2D eigenvalue weighted by molar-refractivity contribution is 5.71. The van der Waals surface area contributed by atoms with Crippen molar-refractivity contribution < 1.29 is 28.2 Å². The minimum absolute atomic E-state index is 0.115. The van der Waals surface area contributed by atoms with Crippen molar-refractivity contribution in [2.24, 2.45) is 5.92 Å². The van der Waals surface area contributed by atoms with Crippen LogP contribution < -0.4 is 5.32 Å². The van der Waals surface area contributed by atoms with Crippen LogP contribution in [0.5, 0.6) is 0 Å². The number of pyridine rings is 1. The Hall–Kier alpha value is -3.53. The van der Waals surface area contributed by atoms with Gasteiger partial charge in [0.1, 0.15) is 11.3 Å². The molecule has 0 aliphatic heterocycles. The number of hydrogen-bond acceptors (Lipinski definition) is 6. The highest BCUT2D eigenvalue weighted by Gasteiger charge is 2.39. The first kappa shape index (κ1) is 23.6. The van der Waals surface area contributed by atoms with Crippen LogP contribution in [-0.2, 0) is 16.6 Å². The molecule has 3 N–H and O–H groups in total. The molecule has 0 bridgehead atoms. The van der Waals surface area contributed by atoms with Crippen molar-refractivity contribution in [3.8, 4) is 11.1 Å². The third-order valence-corrected chi connectivity index (χ3v) is 5.93. The van der Waals surface area contributed by atoms with Crippen LogP contribution >= 0.6 is 0 Å². The number of anilines is 2. The molecule has 0 saturated heterocycles. The number of aliphatic hydroxyl groups is 1. The Morgan fingerprint density at radius 3 is 2.62 bits per heavy atom. The highest BCUT2D eigenvalue weighted by Crippen LogP contribution is 2.39. The summed E-state index contributed by atoms with van der Waals surface area (Å²) in [5.41, 5.74) is 0.941. The summed E-state index contributed by atoms with van der Waals surface area (Å²) in [4.78, 5) is 23.2. The number of nitrogens with one attached hydrogen (secondary N) is 1. The molecule has 0 amide bonds. The van der Waals surface area contributed by atoms with Gasteiger partial charge >= 0.3 is 12.1 Å². The van der Waals surface area contributed by atoms with Crippen LogP contribution in [-0.4, -0.2) is 31.1 Å². The lowest BCUT2D eigenvalue weighted by Crippen LogP contribution is -2.36. The zero-order valence-electron chi connectivity index (χ0n) is 18.3. The van der Waals surface area contributed by atoms with E-state index >= 15 is 0 Å². The van der Waals surface area contributed by atoms with Crippen molar-refractivity contribution in [1.29, 1.82) is 0 Å². The van der Waals surface area contributed by atoms with Crippen LogP contribution in [0.2, 0.25) is 0 Å². The van der Waals surface area contributed by atoms with Gasteiger partial charge in [-0.05, 0) is 68.0 Å². The van der Waals surface area contributed by atoms with Crippen LogP contribution in [0.3, 0.4) is 0 Å². The molecule has 0 spiro atoms. The minimum Gasteiger partial charge on any atom is -0.481 e. The molecule has 4 rings (SSSR count). The standard InChI is InChI=1S/C24H23F3N4O3/c1-14-9-17(11-18(10-14)30-22-28-8-6-20(31-22)24(25,26)27)16-4-5-19(29-13-16)23(34)7-2-3-15(12-23)21(32)33/h4-6,8-11,13,15,34H,2-3,7,12H2,1H3,(H,32,33)(H,28,30,31). The Morgan fingerprint density at radius 1 is 1.15 bits per heavy atom. The molecule has 2 aromatic heterocycles. The maximum Gasteiger partial charge on any atom is 0.433 e. The Balaban J connectivity index is 1.57. The second-order valence-corrected chi connectivity index (χ2v) is 8.57. The summed E-state index contributed by atoms with van der Waals surface area (Å²) in [6.45, 7) is 1.85. The second kappa shape index (κ2) is 9.02. The summed E-state index contributed by atoms with van der Waals surface area (Å²) < 4.78 is 38.8. The molecule has 2 unspecified atom stereocenters. The second-order valence-electron chi connectivity index (χ2n) is 8.57. The fraction of sp³-hybridized carbons (Fsp3) is 0.333. The van der Waals surface area contributed by atoms with Crippen molar-refractivity contribution in [3.05, 3.63) is 65.7 Å². The molecule has 10 heteroatoms. The molecule has 2 heterocycles. The summed E-state index contributed by atoms with van der Waals surface area (Å²) in [5, 5.41) is 23.2. The van der Waals surface area contributed by atoms with Crippen molar-refractivity contribution in [2.45, 2.75) is 44.4 Å². The number of alkyl halides is 3. The zero-order valence-corrected chi connectivity index (χ0v) is 18.3. The van der Waals surface area contributed by atoms with E-state index < -0.39 is 29.4 Å². The Labute approximate surface area is 193 Å². The van der Waals surface area contributed by atoms with Gasteiger partial charge in [-0.1, -0.05) is 12.1 Å². The number of nitrogens with zero attached hydrogens (tertiary/aromatic N) is 3. The number of rotatable bonds is 5. The molecule has 2 atom stereocenters. The summed E-state index contributed by atoms with van der Waals surface area (Å²) in [7, 11) is 0. The van der Waals surface area contributed by atoms with Gasteiger partial charge < -0.3 is 15.5 Å². The number of carboxylic acid groups (broad SMARTS) is 1. The molecule has 178 valence electrons. The van der Waals surface area contributed by atoms with Gasteiger partial charge in [0.2, 0.25) is 5.95 Å². The molecule has 3 aromatic rings. The van der Waals surface area contributed by atoms with Gasteiger partial charge in [0, 0.05) is 23.6 Å². The Bertz CT molecular complexity index is 1200. The Morgan fingerprint density at radius 2 is 1.94 bits per heavy atom. The summed E-state index contributed by atoms with van der Waals surface area (Å²) in [6, 6.07) is 9.66. The van der Waals surface area contributed by atoms with E-state index in [0.717, 1.165) is 29.0 Å². The number of halogens is 3. The van der Waals surface area contributed by atoms with E-state index in [4.69, 9.17) is 0 Å². The third kappa shape index (κ3) is 5.17. The molecule has 34 heavy (non-hydrogen) atoms. The number of carboxylic acids is 1. The number of hydrogen-bond donors (Lipinski definition) is 3. The summed E-state index contributed by atoms with van der Waals surface area (Å²) >= 11 is 0. The molecule has 1 saturated carbocycles. The van der Waals surface area contributed by atoms with E-state index in [-0.39, 0.29) is 12.4 Å². The fourth-order valence-electron chi connectivity index (χ4n) is 4.26. The lowest BCUT2D eigenvalue weighted by atomic mass is 9.76. The van der Waals surface area contributed by atoms with Crippen LogP contribution in [0.25, 0.3) is 11.1 Å². The minimum atomic E-state index is -4.57. The molecule has 1 aliphatic carbocycles. The van der Waals surface area contributed by atoms with Crippen LogP contribution in [0.4, 0.5) is 24.8 Å². The van der Waals surface area contributed by atoms with Crippen molar-refractivity contribution in [2.75, 3.05) is 5.32 Å². The van der Waals surface area contributed by atoms with E-state index in [1.54, 1.807) is 30.5 Å². The van der Waals surface area contributed by atoms with Gasteiger partial charge in [0.15, 0.2) is 0 Å². The van der Waals surface area contributed by atoms with Gasteiger partial charge in [-0.25, -0.2) is 9.97 Å². The Kier molecular flexibility index (Phi) is 6.26. The molecular formula is C24H23F3N4O3. The maximum atomic E-state index is 12.9. The van der Waals surface area contributed by atoms with Crippen LogP contribution in [0.1, 0.15) is 42.6 Å². The highest BCUT2D eigenvalue weighted by atomic mass is 19.4. The first-order valence-electron chi connectivity index (χ1n) is 10.7. The van der Waals surface area contributed by atoms with Crippen LogP contribution in [0.15, 0.2) is 48.8 Å². The fourth-order valence-corrected chi connectivity index (χ4v) is 4.26. The van der Waals surface area contributed by atoms with E-state index in [1.165, 1.54) is 0 Å². The molecule has 0 radical (unpaired) electrons. The SMILES string of the molecule is Cc1cc(Nc2nccc(C(F)(F)F)n2)cc(-c2ccc(C3(O)CCCC(C(=O)O)C3)nc2)c1. The first-order chi connectivity index (χ1) is 16.0. The molecule has 7 nitrogen and oxygen atoms in total. The van der Waals surface area contributed by atoms with Crippen molar-refractivity contribution in [3.63, 3.8) is 0 Å². The quantitative estimate of drug-likeness (QED) is 0.476. The predicted octanol–water partition coefficient (Wildman–Crippen LogP) is 5.07. The van der Waals surface area contributed by atoms with E-state index in [0.29, 0.717) is 30.6 Å². The van der Waals surface area contributed by atoms with Gasteiger partial charge in [-0.2, -0.15) is 13.2 Å². The lowest BCUT2D eigenvalue weighted by Gasteiger charge is -2.34. The first-order valence-corrected chi connectivity index (χ1v) is 10.7. The number of carbonyl (C=O) groups is 1. The topological polar surface area (TPSA) is 108 Å². The number of aliphatic carboxylic acids is 1. The van der Waals surface area contributed by atoms with Gasteiger partial charge in [-0.15, -0.1) is 0 Å². The molecule has 1 aromatic carbocycles. The molecular weight excluding hydrogens is 449 g/mol. The molecule has 1 aliphatic rings. The maximum absolute atomic E-state index is 12.9. The normalized spacial score (nSPS) is 20.7. The number of aromatic nitrogens is 3. The number of aryl methyl sites for hydroxylation is 1. The van der Waals surface area contributed by atoms with Gasteiger partial charge in [0.25, 0.3) is 0 Å². The van der Waals surface area contributed by atoms with E-state index in [2.05, 4.69) is 20.3 Å². The monoisotopic (exact) mass is 472 g/mol. The lowest BCUT2D eigenvalue weighted by molar-refractivity contribution is -0.147. The van der Waals surface area contributed by atoms with Crippen molar-refractivity contribution in [1.82, 2.24) is 15.0 Å². The number of benzene rings is 1. The van der Waals surface area contributed by atoms with Gasteiger partial charge in [-0.3, -0.25) is 9.78 Å². The zero-order chi connectivity index (χ0) is 24.5. The van der Waals surface area contributed by atoms with E-state index in [1.807, 2.05) is 13.0 Å². The largest absolute Gasteiger partial charge is 0.481 e. The third-order valence-electron chi connectivity index (χ3n) is 5.93. The average molecular weight is 472 g/mol. The smallest absolute Gasteiger partial charge is 0.433 e. The average Bonchev–Trinajstić information content (AvgIpc) is 2.78. The molecule has 1 fully saturated rings. The van der Waals surface area contributed by atoms with Crippen LogP contribution in [0, 0.1) is 12.8 Å². The van der Waals surface area contributed by atoms with Gasteiger partial charge in [0.05, 0.1) is 11.6 Å². The summed E-state index contributed by atoms with van der Waals surface area (Å²) in [5.74, 6) is -1.70. The van der Waals surface area contributed by atoms with Crippen molar-refractivity contribution >= 4 is 17.6 Å². The van der Waals surface area contributed by atoms with E-state index in [9.17, 15) is 28.2 Å². The predicted molar refractivity (Wildman–Crippen MR) is 118 cm³/mol. The summed E-state index contributed by atoms with van der Waals surface area (Å²) in [6.07, 6.45) is -0.245.